The molecule has 0 aliphatic carbocycles. The zero-order valence-corrected chi connectivity index (χ0v) is 10.4. The van der Waals surface area contributed by atoms with Crippen molar-refractivity contribution in [1.82, 2.24) is 0 Å². The molecular weight excluding hydrogens is 257 g/mol. The molecular formula is C13H11ClFNO2. The quantitative estimate of drug-likeness (QED) is 0.859. The molecule has 0 fully saturated rings. The maximum absolute atomic E-state index is 13.2. The number of rotatable bonds is 3. The molecule has 0 aliphatic heterocycles. The average molecular weight is 268 g/mol. The van der Waals surface area contributed by atoms with Crippen LogP contribution in [-0.4, -0.2) is 7.11 Å². The first-order chi connectivity index (χ1) is 8.60. The van der Waals surface area contributed by atoms with Crippen LogP contribution in [0.2, 0.25) is 5.02 Å². The van der Waals surface area contributed by atoms with Crippen LogP contribution in [0.4, 0.5) is 10.1 Å². The van der Waals surface area contributed by atoms with E-state index in [9.17, 15) is 4.39 Å². The van der Waals surface area contributed by atoms with Crippen molar-refractivity contribution in [3.05, 3.63) is 47.2 Å². The van der Waals surface area contributed by atoms with Gasteiger partial charge in [-0.15, -0.1) is 0 Å². The van der Waals surface area contributed by atoms with Crippen LogP contribution in [0.1, 0.15) is 0 Å². The first-order valence-corrected chi connectivity index (χ1v) is 5.54. The standard InChI is InChI=1S/C13H11ClFNO2/c1-17-8-3-5-13(12(16)7-8)18-9-2-4-10(14)11(15)6-9/h2-7H,16H2,1H3. The minimum absolute atomic E-state index is 0.0463. The zero-order chi connectivity index (χ0) is 13.1. The molecule has 3 nitrogen and oxygen atoms in total. The Kier molecular flexibility index (Phi) is 3.58. The van der Waals surface area contributed by atoms with Crippen molar-refractivity contribution < 1.29 is 13.9 Å². The summed E-state index contributed by atoms with van der Waals surface area (Å²) in [6.45, 7) is 0. The Morgan fingerprint density at radius 3 is 2.44 bits per heavy atom. The topological polar surface area (TPSA) is 44.5 Å². The molecule has 5 heteroatoms. The van der Waals surface area contributed by atoms with Gasteiger partial charge < -0.3 is 15.2 Å². The van der Waals surface area contributed by atoms with Crippen LogP contribution < -0.4 is 15.2 Å². The number of nitrogens with two attached hydrogens (primary N) is 1. The fraction of sp³-hybridized carbons (Fsp3) is 0.0769. The number of hydrogen-bond acceptors (Lipinski definition) is 3. The van der Waals surface area contributed by atoms with E-state index in [4.69, 9.17) is 26.8 Å². The van der Waals surface area contributed by atoms with Crippen LogP contribution >= 0.6 is 11.6 Å². The fourth-order valence-electron chi connectivity index (χ4n) is 1.41. The van der Waals surface area contributed by atoms with Crippen LogP contribution in [0, 0.1) is 5.82 Å². The first-order valence-electron chi connectivity index (χ1n) is 5.16. The number of nitrogen functional groups attached to an aromatic ring is 1. The minimum atomic E-state index is -0.541. The van der Waals surface area contributed by atoms with E-state index in [0.29, 0.717) is 22.9 Å². The van der Waals surface area contributed by atoms with E-state index in [1.54, 1.807) is 31.4 Å². The van der Waals surface area contributed by atoms with Gasteiger partial charge in [0.15, 0.2) is 5.75 Å². The number of halogens is 2. The van der Waals surface area contributed by atoms with Gasteiger partial charge in [-0.25, -0.2) is 4.39 Å². The first kappa shape index (κ1) is 12.5. The fourth-order valence-corrected chi connectivity index (χ4v) is 1.53. The highest BCUT2D eigenvalue weighted by Crippen LogP contribution is 2.31. The van der Waals surface area contributed by atoms with Gasteiger partial charge in [-0.1, -0.05) is 11.6 Å². The predicted octanol–water partition coefficient (Wildman–Crippen LogP) is 3.86. The third-order valence-electron chi connectivity index (χ3n) is 2.34. The summed E-state index contributed by atoms with van der Waals surface area (Å²) in [5.41, 5.74) is 6.20. The van der Waals surface area contributed by atoms with Gasteiger partial charge in [0.25, 0.3) is 0 Å². The van der Waals surface area contributed by atoms with E-state index in [1.165, 1.54) is 12.1 Å². The summed E-state index contributed by atoms with van der Waals surface area (Å²) in [5.74, 6) is 0.842. The van der Waals surface area contributed by atoms with Gasteiger partial charge in [0.1, 0.15) is 17.3 Å². The Morgan fingerprint density at radius 1 is 1.11 bits per heavy atom. The Labute approximate surface area is 109 Å². The Hall–Kier alpha value is -1.94. The van der Waals surface area contributed by atoms with Gasteiger partial charge in [-0.3, -0.25) is 0 Å². The number of methoxy groups -OCH3 is 1. The third-order valence-corrected chi connectivity index (χ3v) is 2.64. The molecule has 18 heavy (non-hydrogen) atoms. The maximum atomic E-state index is 13.2. The van der Waals surface area contributed by atoms with Crippen LogP contribution in [0.3, 0.4) is 0 Å². The highest BCUT2D eigenvalue weighted by atomic mass is 35.5. The molecule has 0 saturated heterocycles. The van der Waals surface area contributed by atoms with Crippen molar-refractivity contribution in [3.63, 3.8) is 0 Å². The number of hydrogen-bond donors (Lipinski definition) is 1. The molecule has 0 heterocycles. The highest BCUT2D eigenvalue weighted by Gasteiger charge is 2.06. The number of benzene rings is 2. The molecule has 0 atom stereocenters. The van der Waals surface area contributed by atoms with Crippen molar-refractivity contribution >= 4 is 17.3 Å². The molecule has 2 aromatic carbocycles. The molecule has 0 aromatic heterocycles. The molecule has 0 bridgehead atoms. The summed E-state index contributed by atoms with van der Waals surface area (Å²) >= 11 is 5.58. The summed E-state index contributed by atoms with van der Waals surface area (Å²) in [7, 11) is 1.55. The van der Waals surface area contributed by atoms with E-state index in [1.807, 2.05) is 0 Å². The van der Waals surface area contributed by atoms with Crippen molar-refractivity contribution in [2.45, 2.75) is 0 Å². The summed E-state index contributed by atoms with van der Waals surface area (Å²) < 4.78 is 23.7. The molecule has 0 aliphatic rings. The summed E-state index contributed by atoms with van der Waals surface area (Å²) in [4.78, 5) is 0. The molecule has 2 rings (SSSR count). The van der Waals surface area contributed by atoms with Crippen molar-refractivity contribution in [2.75, 3.05) is 12.8 Å². The molecule has 0 spiro atoms. The second-order valence-electron chi connectivity index (χ2n) is 3.58. The number of ether oxygens (including phenoxy) is 2. The van der Waals surface area contributed by atoms with Gasteiger partial charge in [-0.05, 0) is 24.3 Å². The van der Waals surface area contributed by atoms with Gasteiger partial charge in [0.05, 0.1) is 17.8 Å². The second kappa shape index (κ2) is 5.14. The van der Waals surface area contributed by atoms with Gasteiger partial charge in [0, 0.05) is 12.1 Å². The lowest BCUT2D eigenvalue weighted by Crippen LogP contribution is -1.93. The summed E-state index contributed by atoms with van der Waals surface area (Å²) in [5, 5.41) is 0.0463. The Morgan fingerprint density at radius 2 is 1.83 bits per heavy atom. The van der Waals surface area contributed by atoms with Gasteiger partial charge in [0.2, 0.25) is 0 Å². The Balaban J connectivity index is 2.25. The van der Waals surface area contributed by atoms with Crippen molar-refractivity contribution in [2.24, 2.45) is 0 Å². The van der Waals surface area contributed by atoms with E-state index in [-0.39, 0.29) is 5.02 Å². The van der Waals surface area contributed by atoms with Crippen LogP contribution in [-0.2, 0) is 0 Å². The highest BCUT2D eigenvalue weighted by molar-refractivity contribution is 6.30. The van der Waals surface area contributed by atoms with E-state index < -0.39 is 5.82 Å². The van der Waals surface area contributed by atoms with E-state index in [2.05, 4.69) is 0 Å². The molecule has 0 saturated carbocycles. The SMILES string of the molecule is COc1ccc(Oc2ccc(Cl)c(F)c2)c(N)c1. The molecule has 2 N–H and O–H groups in total. The predicted molar refractivity (Wildman–Crippen MR) is 68.9 cm³/mol. The lowest BCUT2D eigenvalue weighted by molar-refractivity contribution is 0.413. The van der Waals surface area contributed by atoms with E-state index in [0.717, 1.165) is 0 Å². The molecule has 94 valence electrons. The molecule has 0 unspecified atom stereocenters. The van der Waals surface area contributed by atoms with Crippen LogP contribution in [0.5, 0.6) is 17.2 Å². The maximum Gasteiger partial charge on any atom is 0.150 e. The second-order valence-corrected chi connectivity index (χ2v) is 3.99. The lowest BCUT2D eigenvalue weighted by Gasteiger charge is -2.10. The summed E-state index contributed by atoms with van der Waals surface area (Å²) in [6.07, 6.45) is 0. The van der Waals surface area contributed by atoms with Crippen LogP contribution in [0.15, 0.2) is 36.4 Å². The zero-order valence-electron chi connectivity index (χ0n) is 9.61. The molecule has 2 aromatic rings. The van der Waals surface area contributed by atoms with Crippen molar-refractivity contribution in [3.8, 4) is 17.2 Å². The summed E-state index contributed by atoms with van der Waals surface area (Å²) in [6, 6.07) is 9.17. The Bertz CT molecular complexity index is 575. The normalized spacial score (nSPS) is 10.2. The van der Waals surface area contributed by atoms with Gasteiger partial charge in [-0.2, -0.15) is 0 Å². The largest absolute Gasteiger partial charge is 0.497 e. The van der Waals surface area contributed by atoms with E-state index >= 15 is 0 Å². The average Bonchev–Trinajstić information content (AvgIpc) is 2.36. The van der Waals surface area contributed by atoms with Crippen LogP contribution in [0.25, 0.3) is 0 Å². The smallest absolute Gasteiger partial charge is 0.150 e. The monoisotopic (exact) mass is 267 g/mol. The van der Waals surface area contributed by atoms with Gasteiger partial charge >= 0.3 is 0 Å². The molecule has 0 radical (unpaired) electrons. The third kappa shape index (κ3) is 2.65. The lowest BCUT2D eigenvalue weighted by atomic mass is 10.2. The van der Waals surface area contributed by atoms with Crippen molar-refractivity contribution in [1.29, 1.82) is 0 Å². The number of anilines is 1. The molecule has 0 amide bonds. The minimum Gasteiger partial charge on any atom is -0.497 e.